The Balaban J connectivity index is 2.20. The summed E-state index contributed by atoms with van der Waals surface area (Å²) in [4.78, 5) is 16.2. The summed E-state index contributed by atoms with van der Waals surface area (Å²) in [6.07, 6.45) is 1.62. The molecule has 6 heteroatoms. The van der Waals surface area contributed by atoms with Gasteiger partial charge in [0.1, 0.15) is 5.82 Å². The van der Waals surface area contributed by atoms with Crippen LogP contribution in [0.15, 0.2) is 24.4 Å². The lowest BCUT2D eigenvalue weighted by atomic mass is 10.1. The molecule has 0 aliphatic rings. The van der Waals surface area contributed by atoms with Crippen LogP contribution in [0.3, 0.4) is 0 Å². The van der Waals surface area contributed by atoms with E-state index in [4.69, 9.17) is 11.6 Å². The number of carbonyl (C=O) groups is 1. The van der Waals surface area contributed by atoms with Gasteiger partial charge in [0.2, 0.25) is 0 Å². The Morgan fingerprint density at radius 2 is 2.33 bits per heavy atom. The Bertz CT molecular complexity index is 585. The standard InChI is InChI=1S/C12H10ClFN2OS/c1-7(17)9-3-2-4-10(14)11(9)15-5-8-6-16-12(13)18-8/h2-4,6,15H,5H2,1H3. The van der Waals surface area contributed by atoms with Crippen molar-refractivity contribution < 1.29 is 9.18 Å². The fourth-order valence-corrected chi connectivity index (χ4v) is 2.46. The summed E-state index contributed by atoms with van der Waals surface area (Å²) in [5.41, 5.74) is 0.556. The molecule has 1 aromatic heterocycles. The van der Waals surface area contributed by atoms with Gasteiger partial charge in [0.15, 0.2) is 10.3 Å². The summed E-state index contributed by atoms with van der Waals surface area (Å²) in [6.45, 7) is 1.79. The second-order valence-corrected chi connectivity index (χ2v) is 5.35. The lowest BCUT2D eigenvalue weighted by molar-refractivity contribution is 0.101. The van der Waals surface area contributed by atoms with Crippen molar-refractivity contribution in [2.45, 2.75) is 13.5 Å². The van der Waals surface area contributed by atoms with Crippen molar-refractivity contribution in [3.8, 4) is 0 Å². The molecule has 0 aliphatic heterocycles. The smallest absolute Gasteiger partial charge is 0.183 e. The highest BCUT2D eigenvalue weighted by molar-refractivity contribution is 7.15. The average Bonchev–Trinajstić information content (AvgIpc) is 2.73. The minimum Gasteiger partial charge on any atom is -0.377 e. The summed E-state index contributed by atoms with van der Waals surface area (Å²) in [5.74, 6) is -0.627. The molecule has 1 aromatic carbocycles. The van der Waals surface area contributed by atoms with Gasteiger partial charge in [-0.3, -0.25) is 4.79 Å². The van der Waals surface area contributed by atoms with E-state index in [-0.39, 0.29) is 11.5 Å². The number of nitrogens with zero attached hydrogens (tertiary/aromatic N) is 1. The van der Waals surface area contributed by atoms with Crippen molar-refractivity contribution in [1.82, 2.24) is 4.98 Å². The number of anilines is 1. The minimum atomic E-state index is -0.446. The molecule has 3 nitrogen and oxygen atoms in total. The maximum atomic E-state index is 13.7. The molecular weight excluding hydrogens is 275 g/mol. The topological polar surface area (TPSA) is 42.0 Å². The molecule has 0 saturated heterocycles. The monoisotopic (exact) mass is 284 g/mol. The summed E-state index contributed by atoms with van der Waals surface area (Å²) in [6, 6.07) is 4.42. The van der Waals surface area contributed by atoms with Gasteiger partial charge in [0.05, 0.1) is 12.2 Å². The van der Waals surface area contributed by atoms with E-state index in [0.29, 0.717) is 16.6 Å². The lowest BCUT2D eigenvalue weighted by Crippen LogP contribution is -2.06. The Hall–Kier alpha value is -1.46. The molecular formula is C12H10ClFN2OS. The second-order valence-electron chi connectivity index (χ2n) is 3.65. The third-order valence-electron chi connectivity index (χ3n) is 2.36. The highest BCUT2D eigenvalue weighted by Crippen LogP contribution is 2.23. The molecule has 0 unspecified atom stereocenters. The van der Waals surface area contributed by atoms with Gasteiger partial charge < -0.3 is 5.32 Å². The zero-order valence-electron chi connectivity index (χ0n) is 9.54. The first-order chi connectivity index (χ1) is 8.58. The van der Waals surface area contributed by atoms with E-state index in [1.54, 1.807) is 12.3 Å². The summed E-state index contributed by atoms with van der Waals surface area (Å²) in [5, 5.41) is 2.91. The number of Topliss-reactive ketones (excluding diaryl/α,β-unsaturated/α-hetero) is 1. The zero-order valence-corrected chi connectivity index (χ0v) is 11.1. The summed E-state index contributed by atoms with van der Waals surface area (Å²) < 4.78 is 14.1. The van der Waals surface area contributed by atoms with Crippen LogP contribution in [0.5, 0.6) is 0 Å². The number of aromatic nitrogens is 1. The van der Waals surface area contributed by atoms with Crippen LogP contribution in [0.25, 0.3) is 0 Å². The van der Waals surface area contributed by atoms with Crippen LogP contribution in [0.2, 0.25) is 4.47 Å². The van der Waals surface area contributed by atoms with Crippen molar-refractivity contribution in [2.75, 3.05) is 5.32 Å². The van der Waals surface area contributed by atoms with Gasteiger partial charge in [-0.15, -0.1) is 11.3 Å². The molecule has 0 fully saturated rings. The number of thiazole rings is 1. The van der Waals surface area contributed by atoms with Crippen molar-refractivity contribution >= 4 is 34.4 Å². The number of hydrogen-bond donors (Lipinski definition) is 1. The SMILES string of the molecule is CC(=O)c1cccc(F)c1NCc1cnc(Cl)s1. The number of benzene rings is 1. The second kappa shape index (κ2) is 5.46. The van der Waals surface area contributed by atoms with E-state index in [9.17, 15) is 9.18 Å². The van der Waals surface area contributed by atoms with Crippen LogP contribution in [0, 0.1) is 5.82 Å². The molecule has 0 radical (unpaired) electrons. The molecule has 0 aliphatic carbocycles. The van der Waals surface area contributed by atoms with Gasteiger partial charge in [-0.1, -0.05) is 17.7 Å². The van der Waals surface area contributed by atoms with E-state index < -0.39 is 5.82 Å². The molecule has 1 N–H and O–H groups in total. The first kappa shape index (κ1) is 13.0. The molecule has 0 atom stereocenters. The minimum absolute atomic E-state index is 0.181. The van der Waals surface area contributed by atoms with Gasteiger partial charge in [-0.25, -0.2) is 9.37 Å². The highest BCUT2D eigenvalue weighted by atomic mass is 35.5. The van der Waals surface area contributed by atoms with Crippen molar-refractivity contribution in [1.29, 1.82) is 0 Å². The van der Waals surface area contributed by atoms with E-state index in [2.05, 4.69) is 10.3 Å². The van der Waals surface area contributed by atoms with Crippen LogP contribution >= 0.6 is 22.9 Å². The van der Waals surface area contributed by atoms with E-state index in [0.717, 1.165) is 4.88 Å². The molecule has 2 aromatic rings. The van der Waals surface area contributed by atoms with Gasteiger partial charge in [-0.05, 0) is 19.1 Å². The fourth-order valence-electron chi connectivity index (χ4n) is 1.54. The number of ketones is 1. The van der Waals surface area contributed by atoms with Crippen LogP contribution in [0.4, 0.5) is 10.1 Å². The molecule has 94 valence electrons. The van der Waals surface area contributed by atoms with Crippen molar-refractivity contribution in [3.63, 3.8) is 0 Å². The highest BCUT2D eigenvalue weighted by Gasteiger charge is 2.11. The first-order valence-electron chi connectivity index (χ1n) is 5.21. The predicted molar refractivity (Wildman–Crippen MR) is 70.9 cm³/mol. The quantitative estimate of drug-likeness (QED) is 0.870. The molecule has 2 rings (SSSR count). The Kier molecular flexibility index (Phi) is 3.93. The number of halogens is 2. The summed E-state index contributed by atoms with van der Waals surface area (Å²) >= 11 is 7.02. The molecule has 0 spiro atoms. The van der Waals surface area contributed by atoms with E-state index in [1.807, 2.05) is 0 Å². The maximum Gasteiger partial charge on any atom is 0.183 e. The van der Waals surface area contributed by atoms with Crippen molar-refractivity contribution in [2.24, 2.45) is 0 Å². The van der Waals surface area contributed by atoms with Gasteiger partial charge in [0, 0.05) is 16.6 Å². The maximum absolute atomic E-state index is 13.7. The third-order valence-corrected chi connectivity index (χ3v) is 3.47. The Morgan fingerprint density at radius 1 is 1.56 bits per heavy atom. The van der Waals surface area contributed by atoms with Gasteiger partial charge in [0.25, 0.3) is 0 Å². The Morgan fingerprint density at radius 3 is 2.94 bits per heavy atom. The van der Waals surface area contributed by atoms with Gasteiger partial charge >= 0.3 is 0 Å². The zero-order chi connectivity index (χ0) is 13.1. The number of nitrogens with one attached hydrogen (secondary N) is 1. The molecule has 18 heavy (non-hydrogen) atoms. The van der Waals surface area contributed by atoms with Crippen LogP contribution in [-0.2, 0) is 6.54 Å². The predicted octanol–water partition coefficient (Wildman–Crippen LogP) is 3.75. The third kappa shape index (κ3) is 2.86. The normalized spacial score (nSPS) is 10.4. The number of hydrogen-bond acceptors (Lipinski definition) is 4. The van der Waals surface area contributed by atoms with Crippen LogP contribution in [0.1, 0.15) is 22.2 Å². The van der Waals surface area contributed by atoms with E-state index in [1.165, 1.54) is 30.4 Å². The van der Waals surface area contributed by atoms with Crippen molar-refractivity contribution in [3.05, 3.63) is 45.1 Å². The molecule has 0 amide bonds. The van der Waals surface area contributed by atoms with Crippen LogP contribution in [-0.4, -0.2) is 10.8 Å². The Labute approximate surface area is 113 Å². The lowest BCUT2D eigenvalue weighted by Gasteiger charge is -2.10. The van der Waals surface area contributed by atoms with Crippen LogP contribution < -0.4 is 5.32 Å². The fraction of sp³-hybridized carbons (Fsp3) is 0.167. The first-order valence-corrected chi connectivity index (χ1v) is 6.41. The molecule has 0 bridgehead atoms. The largest absolute Gasteiger partial charge is 0.377 e. The average molecular weight is 285 g/mol. The van der Waals surface area contributed by atoms with Gasteiger partial charge in [-0.2, -0.15) is 0 Å². The molecule has 0 saturated carbocycles. The number of carbonyl (C=O) groups excluding carboxylic acids is 1. The number of para-hydroxylation sites is 1. The summed E-state index contributed by atoms with van der Waals surface area (Å²) in [7, 11) is 0. The molecule has 1 heterocycles. The van der Waals surface area contributed by atoms with E-state index >= 15 is 0 Å². The number of rotatable bonds is 4.